The fourth-order valence-corrected chi connectivity index (χ4v) is 4.31. The van der Waals surface area contributed by atoms with E-state index in [1.807, 2.05) is 51.1 Å². The lowest BCUT2D eigenvalue weighted by Gasteiger charge is -2.39. The van der Waals surface area contributed by atoms with Crippen LogP contribution in [0.2, 0.25) is 5.02 Å². The van der Waals surface area contributed by atoms with E-state index >= 15 is 0 Å². The van der Waals surface area contributed by atoms with E-state index < -0.39 is 5.60 Å². The average Bonchev–Trinajstić information content (AvgIpc) is 2.53. The van der Waals surface area contributed by atoms with Gasteiger partial charge in [-0.2, -0.15) is 0 Å². The molecule has 138 valence electrons. The number of fused-ring (bicyclic) bond motifs is 1. The summed E-state index contributed by atoms with van der Waals surface area (Å²) in [5, 5.41) is 0.686. The normalized spacial score (nSPS) is 17.0. The first kappa shape index (κ1) is 19.2. The molecule has 2 aromatic rings. The Kier molecular flexibility index (Phi) is 5.36. The highest BCUT2D eigenvalue weighted by Crippen LogP contribution is 2.44. The van der Waals surface area contributed by atoms with Gasteiger partial charge in [0.2, 0.25) is 0 Å². The molecule has 0 radical (unpaired) electrons. The van der Waals surface area contributed by atoms with Crippen LogP contribution in [-0.4, -0.2) is 11.7 Å². The van der Waals surface area contributed by atoms with Crippen molar-refractivity contribution in [1.29, 1.82) is 0 Å². The molecule has 3 nitrogen and oxygen atoms in total. The van der Waals surface area contributed by atoms with Crippen molar-refractivity contribution in [2.75, 3.05) is 4.90 Å². The monoisotopic (exact) mass is 435 g/mol. The van der Waals surface area contributed by atoms with Gasteiger partial charge in [-0.15, -0.1) is 0 Å². The summed E-state index contributed by atoms with van der Waals surface area (Å²) in [7, 11) is 0. The lowest BCUT2D eigenvalue weighted by Crippen LogP contribution is -2.42. The van der Waals surface area contributed by atoms with E-state index in [-0.39, 0.29) is 12.1 Å². The number of anilines is 1. The van der Waals surface area contributed by atoms with E-state index in [1.165, 1.54) is 5.56 Å². The van der Waals surface area contributed by atoms with Gasteiger partial charge in [0, 0.05) is 9.50 Å². The molecule has 2 aromatic carbocycles. The molecule has 1 aliphatic rings. The second kappa shape index (κ2) is 7.24. The van der Waals surface area contributed by atoms with E-state index in [1.54, 1.807) is 4.90 Å². The lowest BCUT2D eigenvalue weighted by molar-refractivity contribution is 0.0559. The number of benzene rings is 2. The molecule has 0 aromatic heterocycles. The molecule has 0 N–H and O–H groups in total. The molecule has 1 atom stereocenters. The highest BCUT2D eigenvalue weighted by atomic mass is 79.9. The molecule has 0 bridgehead atoms. The van der Waals surface area contributed by atoms with Gasteiger partial charge in [-0.25, -0.2) is 4.79 Å². The minimum absolute atomic E-state index is 0.0892. The average molecular weight is 437 g/mol. The van der Waals surface area contributed by atoms with Gasteiger partial charge in [-0.1, -0.05) is 29.8 Å². The predicted octanol–water partition coefficient (Wildman–Crippen LogP) is 6.84. The number of carbonyl (C=O) groups is 1. The third-order valence-corrected chi connectivity index (χ3v) is 5.23. The Labute approximate surface area is 168 Å². The van der Waals surface area contributed by atoms with Crippen LogP contribution >= 0.6 is 27.5 Å². The van der Waals surface area contributed by atoms with Crippen molar-refractivity contribution in [2.24, 2.45) is 0 Å². The van der Waals surface area contributed by atoms with E-state index in [0.717, 1.165) is 34.1 Å². The summed E-state index contributed by atoms with van der Waals surface area (Å²) in [4.78, 5) is 14.9. The van der Waals surface area contributed by atoms with E-state index in [0.29, 0.717) is 5.02 Å². The molecule has 0 spiro atoms. The maximum Gasteiger partial charge on any atom is 0.415 e. The zero-order valence-electron chi connectivity index (χ0n) is 15.5. The minimum atomic E-state index is -0.559. The molecular formula is C21H23BrClNO2. The number of rotatable bonds is 1. The lowest BCUT2D eigenvalue weighted by atomic mass is 9.91. The molecule has 1 unspecified atom stereocenters. The van der Waals surface area contributed by atoms with Crippen LogP contribution in [0.15, 0.2) is 40.9 Å². The Morgan fingerprint density at radius 3 is 2.50 bits per heavy atom. The van der Waals surface area contributed by atoms with Crippen LogP contribution in [0.25, 0.3) is 0 Å². The van der Waals surface area contributed by atoms with Crippen LogP contribution in [0.1, 0.15) is 49.9 Å². The first-order valence-corrected chi connectivity index (χ1v) is 9.89. The summed E-state index contributed by atoms with van der Waals surface area (Å²) in [5.74, 6) is 0. The molecule has 26 heavy (non-hydrogen) atoms. The molecule has 3 rings (SSSR count). The number of hydrogen-bond acceptors (Lipinski definition) is 2. The Morgan fingerprint density at radius 1 is 1.23 bits per heavy atom. The molecule has 1 aliphatic heterocycles. The Hall–Kier alpha value is -1.52. The number of ether oxygens (including phenoxy) is 1. The van der Waals surface area contributed by atoms with E-state index in [9.17, 15) is 4.79 Å². The fraction of sp³-hybridized carbons (Fsp3) is 0.381. The van der Waals surface area contributed by atoms with Crippen molar-refractivity contribution in [3.63, 3.8) is 0 Å². The molecule has 0 saturated carbocycles. The number of halogens is 2. The van der Waals surface area contributed by atoms with Crippen molar-refractivity contribution in [3.05, 3.63) is 62.6 Å². The van der Waals surface area contributed by atoms with Gasteiger partial charge in [0.05, 0.1) is 11.7 Å². The summed E-state index contributed by atoms with van der Waals surface area (Å²) in [6, 6.07) is 11.8. The van der Waals surface area contributed by atoms with Gasteiger partial charge in [-0.05, 0) is 91.4 Å². The van der Waals surface area contributed by atoms with Crippen molar-refractivity contribution in [3.8, 4) is 0 Å². The zero-order valence-corrected chi connectivity index (χ0v) is 17.8. The topological polar surface area (TPSA) is 29.5 Å². The van der Waals surface area contributed by atoms with E-state index in [2.05, 4.69) is 28.9 Å². The number of hydrogen-bond donors (Lipinski definition) is 0. The highest BCUT2D eigenvalue weighted by molar-refractivity contribution is 9.10. The maximum absolute atomic E-state index is 13.1. The quantitative estimate of drug-likeness (QED) is 0.490. The molecule has 1 amide bonds. The van der Waals surface area contributed by atoms with Crippen LogP contribution in [-0.2, 0) is 11.2 Å². The minimum Gasteiger partial charge on any atom is -0.443 e. The number of nitrogens with zero attached hydrogens (tertiary/aromatic N) is 1. The molecular weight excluding hydrogens is 414 g/mol. The summed E-state index contributed by atoms with van der Waals surface area (Å²) in [5.41, 5.74) is 3.73. The molecule has 0 fully saturated rings. The maximum atomic E-state index is 13.1. The van der Waals surface area contributed by atoms with Gasteiger partial charge in [-0.3, -0.25) is 4.90 Å². The number of aryl methyl sites for hydroxylation is 2. The smallest absolute Gasteiger partial charge is 0.415 e. The Bertz CT molecular complexity index is 827. The second-order valence-electron chi connectivity index (χ2n) is 7.71. The second-order valence-corrected chi connectivity index (χ2v) is 9.00. The van der Waals surface area contributed by atoms with Crippen molar-refractivity contribution >= 4 is 39.3 Å². The summed E-state index contributed by atoms with van der Waals surface area (Å²) < 4.78 is 6.65. The van der Waals surface area contributed by atoms with Gasteiger partial charge in [0.25, 0.3) is 0 Å². The fourth-order valence-electron chi connectivity index (χ4n) is 3.37. The van der Waals surface area contributed by atoms with Crippen molar-refractivity contribution in [1.82, 2.24) is 0 Å². The first-order valence-electron chi connectivity index (χ1n) is 8.72. The summed E-state index contributed by atoms with van der Waals surface area (Å²) >= 11 is 9.71. The largest absolute Gasteiger partial charge is 0.443 e. The number of amides is 1. The van der Waals surface area contributed by atoms with Crippen LogP contribution < -0.4 is 4.90 Å². The van der Waals surface area contributed by atoms with Gasteiger partial charge < -0.3 is 4.74 Å². The Balaban J connectivity index is 2.10. The highest BCUT2D eigenvalue weighted by Gasteiger charge is 2.36. The van der Waals surface area contributed by atoms with Gasteiger partial charge >= 0.3 is 6.09 Å². The van der Waals surface area contributed by atoms with E-state index in [4.69, 9.17) is 16.3 Å². The summed E-state index contributed by atoms with van der Waals surface area (Å²) in [6.07, 6.45) is 1.41. The number of carbonyl (C=O) groups excluding carboxylic acids is 1. The molecule has 1 heterocycles. The third kappa shape index (κ3) is 4.07. The van der Waals surface area contributed by atoms with Crippen LogP contribution in [0.3, 0.4) is 0 Å². The van der Waals surface area contributed by atoms with Crippen LogP contribution in [0.5, 0.6) is 0 Å². The van der Waals surface area contributed by atoms with Crippen LogP contribution in [0, 0.1) is 6.92 Å². The molecule has 5 heteroatoms. The van der Waals surface area contributed by atoms with Gasteiger partial charge in [0.15, 0.2) is 0 Å². The standard InChI is InChI=1S/C21H23BrClNO2/c1-13-11-15-7-10-18(14-5-8-16(23)9-6-14)24(19(15)17(22)12-13)20(25)26-21(2,3)4/h5-6,8-9,11-12,18H,7,10H2,1-4H3. The Morgan fingerprint density at radius 2 is 1.88 bits per heavy atom. The first-order chi connectivity index (χ1) is 12.2. The molecule has 0 saturated heterocycles. The van der Waals surface area contributed by atoms with Crippen LogP contribution in [0.4, 0.5) is 10.5 Å². The van der Waals surface area contributed by atoms with Crippen molar-refractivity contribution < 1.29 is 9.53 Å². The summed E-state index contributed by atoms with van der Waals surface area (Å²) in [6.45, 7) is 7.72. The zero-order chi connectivity index (χ0) is 19.1. The third-order valence-electron chi connectivity index (χ3n) is 4.37. The van der Waals surface area contributed by atoms with Crippen molar-refractivity contribution in [2.45, 2.75) is 52.2 Å². The SMILES string of the molecule is Cc1cc(Br)c2c(c1)CCC(c1ccc(Cl)cc1)N2C(=O)OC(C)(C)C. The van der Waals surface area contributed by atoms with Gasteiger partial charge in [0.1, 0.15) is 5.60 Å². The molecule has 0 aliphatic carbocycles. The predicted molar refractivity (Wildman–Crippen MR) is 110 cm³/mol.